The number of carbonyl (C=O) groups is 1. The largest absolute Gasteiger partial charge is 0.322 e. The van der Waals surface area contributed by atoms with Crippen molar-refractivity contribution in [2.45, 2.75) is 6.92 Å². The Hall–Kier alpha value is -2.09. The predicted molar refractivity (Wildman–Crippen MR) is 59.3 cm³/mol. The third-order valence-electron chi connectivity index (χ3n) is 1.80. The second kappa shape index (κ2) is 5.71. The molecule has 0 aromatic carbocycles. The number of anilines is 1. The van der Waals surface area contributed by atoms with Gasteiger partial charge in [0.25, 0.3) is 0 Å². The number of rotatable bonds is 2. The quantitative estimate of drug-likeness (QED) is 0.773. The molecule has 0 aliphatic rings. The van der Waals surface area contributed by atoms with Crippen LogP contribution < -0.4 is 5.32 Å². The molecule has 0 radical (unpaired) electrons. The van der Waals surface area contributed by atoms with Crippen LogP contribution >= 0.6 is 0 Å². The number of carbonyl (C=O) groups excluding carboxylic acids is 1. The minimum absolute atomic E-state index is 0.321. The average Bonchev–Trinajstić information content (AvgIpc) is 2.25. The van der Waals surface area contributed by atoms with Gasteiger partial charge in [0.2, 0.25) is 0 Å². The topological polar surface area (TPSA) is 45.2 Å². The molecule has 0 saturated carbocycles. The minimum Gasteiger partial charge on any atom is -0.316 e. The van der Waals surface area contributed by atoms with Crippen LogP contribution in [0.25, 0.3) is 0 Å². The van der Waals surface area contributed by atoms with Crippen molar-refractivity contribution in [2.24, 2.45) is 0 Å². The molecule has 1 aromatic heterocycles. The van der Waals surface area contributed by atoms with Gasteiger partial charge in [0.15, 0.2) is 0 Å². The van der Waals surface area contributed by atoms with Crippen molar-refractivity contribution in [3.63, 3.8) is 0 Å². The molecule has 1 N–H and O–H groups in total. The Kier molecular flexibility index (Phi) is 4.28. The van der Waals surface area contributed by atoms with Gasteiger partial charge in [-0.2, -0.15) is 0 Å². The summed E-state index contributed by atoms with van der Waals surface area (Å²) in [5.41, 5.74) is 0.321. The maximum absolute atomic E-state index is 12.8. The van der Waals surface area contributed by atoms with Gasteiger partial charge in [-0.05, 0) is 6.92 Å². The molecule has 1 rings (SSSR count). The summed E-state index contributed by atoms with van der Waals surface area (Å²) in [5.74, 6) is 4.94. The number of hydrogen-bond donors (Lipinski definition) is 1. The van der Waals surface area contributed by atoms with Gasteiger partial charge in [-0.3, -0.25) is 4.98 Å². The van der Waals surface area contributed by atoms with Crippen molar-refractivity contribution in [3.05, 3.63) is 24.3 Å². The summed E-state index contributed by atoms with van der Waals surface area (Å²) >= 11 is 0. The summed E-state index contributed by atoms with van der Waals surface area (Å²) in [5, 5.41) is 2.51. The zero-order valence-corrected chi connectivity index (χ0v) is 9.12. The van der Waals surface area contributed by atoms with Crippen LogP contribution in [-0.4, -0.2) is 29.5 Å². The molecule has 1 heterocycles. The highest BCUT2D eigenvalue weighted by atomic mass is 19.1. The number of pyridine rings is 1. The molecule has 84 valence electrons. The van der Waals surface area contributed by atoms with Gasteiger partial charge >= 0.3 is 6.03 Å². The van der Waals surface area contributed by atoms with Crippen molar-refractivity contribution in [3.8, 4) is 11.8 Å². The van der Waals surface area contributed by atoms with E-state index in [1.807, 2.05) is 0 Å². The third-order valence-corrected chi connectivity index (χ3v) is 1.80. The Morgan fingerprint density at radius 1 is 1.62 bits per heavy atom. The number of amides is 2. The lowest BCUT2D eigenvalue weighted by molar-refractivity contribution is 0.227. The van der Waals surface area contributed by atoms with Crippen LogP contribution in [0, 0.1) is 17.7 Å². The minimum atomic E-state index is -0.492. The van der Waals surface area contributed by atoms with Gasteiger partial charge in [-0.1, -0.05) is 5.92 Å². The van der Waals surface area contributed by atoms with E-state index >= 15 is 0 Å². The molecule has 0 aliphatic heterocycles. The normalized spacial score (nSPS) is 8.94. The highest BCUT2D eigenvalue weighted by Gasteiger charge is 2.07. The monoisotopic (exact) mass is 221 g/mol. The Bertz CT molecular complexity index is 436. The number of halogens is 1. The van der Waals surface area contributed by atoms with E-state index in [0.29, 0.717) is 12.2 Å². The summed E-state index contributed by atoms with van der Waals surface area (Å²) < 4.78 is 12.8. The maximum atomic E-state index is 12.8. The lowest BCUT2D eigenvalue weighted by atomic mass is 10.4. The van der Waals surface area contributed by atoms with Crippen LogP contribution in [0.15, 0.2) is 18.5 Å². The summed E-state index contributed by atoms with van der Waals surface area (Å²) in [4.78, 5) is 16.5. The number of nitrogens with one attached hydrogen (secondary N) is 1. The van der Waals surface area contributed by atoms with E-state index in [-0.39, 0.29) is 6.03 Å². The zero-order valence-electron chi connectivity index (χ0n) is 9.12. The van der Waals surface area contributed by atoms with Gasteiger partial charge in [0, 0.05) is 13.1 Å². The first kappa shape index (κ1) is 12.0. The molecule has 1 aromatic rings. The maximum Gasteiger partial charge on any atom is 0.322 e. The Labute approximate surface area is 93.5 Å². The van der Waals surface area contributed by atoms with Crippen LogP contribution in [0.3, 0.4) is 0 Å². The molecule has 0 atom stereocenters. The van der Waals surface area contributed by atoms with E-state index < -0.39 is 5.82 Å². The molecular formula is C11H12FN3O. The van der Waals surface area contributed by atoms with E-state index in [1.165, 1.54) is 17.2 Å². The first-order valence-corrected chi connectivity index (χ1v) is 4.65. The molecule has 0 spiro atoms. The van der Waals surface area contributed by atoms with E-state index in [0.717, 1.165) is 6.20 Å². The van der Waals surface area contributed by atoms with Gasteiger partial charge < -0.3 is 10.2 Å². The molecular weight excluding hydrogens is 209 g/mol. The van der Waals surface area contributed by atoms with E-state index in [4.69, 9.17) is 0 Å². The Morgan fingerprint density at radius 3 is 3.00 bits per heavy atom. The molecule has 16 heavy (non-hydrogen) atoms. The molecule has 0 bridgehead atoms. The smallest absolute Gasteiger partial charge is 0.316 e. The summed E-state index contributed by atoms with van der Waals surface area (Å²) in [6, 6.07) is 0.847. The highest BCUT2D eigenvalue weighted by molar-refractivity contribution is 5.89. The molecule has 0 saturated heterocycles. The van der Waals surface area contributed by atoms with Crippen molar-refractivity contribution < 1.29 is 9.18 Å². The number of aromatic nitrogens is 1. The summed E-state index contributed by atoms with van der Waals surface area (Å²) in [6.07, 6.45) is 2.45. The number of nitrogens with zero attached hydrogens (tertiary/aromatic N) is 2. The van der Waals surface area contributed by atoms with Crippen molar-refractivity contribution in [1.82, 2.24) is 9.88 Å². The molecule has 2 amide bonds. The first-order valence-electron chi connectivity index (χ1n) is 4.65. The predicted octanol–water partition coefficient (Wildman–Crippen LogP) is 1.71. The fourth-order valence-electron chi connectivity index (χ4n) is 0.969. The molecule has 5 heteroatoms. The van der Waals surface area contributed by atoms with Crippen LogP contribution in [0.4, 0.5) is 14.9 Å². The summed E-state index contributed by atoms with van der Waals surface area (Å²) in [6.45, 7) is 2.02. The van der Waals surface area contributed by atoms with E-state index in [2.05, 4.69) is 22.1 Å². The van der Waals surface area contributed by atoms with Crippen molar-refractivity contribution in [2.75, 3.05) is 18.9 Å². The standard InChI is InChI=1S/C11H12FN3O/c1-3-4-5-15(2)11(16)14-10-6-9(12)7-13-8-10/h6-8H,5H2,1-2H3,(H,14,16). The Morgan fingerprint density at radius 2 is 2.38 bits per heavy atom. The van der Waals surface area contributed by atoms with Gasteiger partial charge in [0.05, 0.1) is 24.6 Å². The lowest BCUT2D eigenvalue weighted by Gasteiger charge is -2.14. The first-order chi connectivity index (χ1) is 7.63. The van der Waals surface area contributed by atoms with Gasteiger partial charge in [-0.15, -0.1) is 5.92 Å². The SMILES string of the molecule is CC#CCN(C)C(=O)Nc1cncc(F)c1. The van der Waals surface area contributed by atoms with E-state index in [9.17, 15) is 9.18 Å². The van der Waals surface area contributed by atoms with Gasteiger partial charge in [0.1, 0.15) is 5.82 Å². The number of urea groups is 1. The molecule has 0 fully saturated rings. The molecule has 0 unspecified atom stereocenters. The Balaban J connectivity index is 2.59. The molecule has 4 nitrogen and oxygen atoms in total. The second-order valence-electron chi connectivity index (χ2n) is 3.10. The highest BCUT2D eigenvalue weighted by Crippen LogP contribution is 2.07. The van der Waals surface area contributed by atoms with Crippen molar-refractivity contribution >= 4 is 11.7 Å². The van der Waals surface area contributed by atoms with Crippen LogP contribution in [-0.2, 0) is 0 Å². The average molecular weight is 221 g/mol. The second-order valence-corrected chi connectivity index (χ2v) is 3.10. The number of hydrogen-bond acceptors (Lipinski definition) is 2. The fraction of sp³-hybridized carbons (Fsp3) is 0.273. The molecule has 0 aliphatic carbocycles. The zero-order chi connectivity index (χ0) is 12.0. The van der Waals surface area contributed by atoms with Gasteiger partial charge in [-0.25, -0.2) is 9.18 Å². The van der Waals surface area contributed by atoms with Crippen LogP contribution in [0.5, 0.6) is 0 Å². The van der Waals surface area contributed by atoms with Crippen molar-refractivity contribution in [1.29, 1.82) is 0 Å². The third kappa shape index (κ3) is 3.58. The van der Waals surface area contributed by atoms with Crippen LogP contribution in [0.1, 0.15) is 6.92 Å². The fourth-order valence-corrected chi connectivity index (χ4v) is 0.969. The van der Waals surface area contributed by atoms with Crippen LogP contribution in [0.2, 0.25) is 0 Å². The summed E-state index contributed by atoms with van der Waals surface area (Å²) in [7, 11) is 1.60. The van der Waals surface area contributed by atoms with E-state index in [1.54, 1.807) is 14.0 Å². The lowest BCUT2D eigenvalue weighted by Crippen LogP contribution is -2.31.